The summed E-state index contributed by atoms with van der Waals surface area (Å²) in [4.78, 5) is 18.3. The van der Waals surface area contributed by atoms with E-state index in [1.807, 2.05) is 0 Å². The molecular weight excluding hydrogens is 242 g/mol. The zero-order chi connectivity index (χ0) is 13.8. The summed E-state index contributed by atoms with van der Waals surface area (Å²) >= 11 is 0. The highest BCUT2D eigenvalue weighted by atomic mass is 16.1. The van der Waals surface area contributed by atoms with Crippen LogP contribution in [0.3, 0.4) is 0 Å². The van der Waals surface area contributed by atoms with Crippen molar-refractivity contribution in [3.05, 3.63) is 24.0 Å². The van der Waals surface area contributed by atoms with E-state index in [1.54, 1.807) is 12.1 Å². The Morgan fingerprint density at radius 2 is 2.32 bits per heavy atom. The molecule has 1 saturated carbocycles. The highest BCUT2D eigenvalue weighted by Gasteiger charge is 2.29. The normalized spacial score (nSPS) is 16.2. The van der Waals surface area contributed by atoms with E-state index in [9.17, 15) is 4.79 Å². The molecular formula is C13H21N5O. The number of amides is 1. The monoisotopic (exact) mass is 263 g/mol. The van der Waals surface area contributed by atoms with Crippen molar-refractivity contribution in [2.75, 3.05) is 19.0 Å². The molecule has 1 aliphatic carbocycles. The Morgan fingerprint density at radius 3 is 2.84 bits per heavy atom. The molecule has 1 aromatic rings. The second-order valence-corrected chi connectivity index (χ2v) is 5.03. The van der Waals surface area contributed by atoms with Crippen LogP contribution in [0.2, 0.25) is 0 Å². The van der Waals surface area contributed by atoms with Gasteiger partial charge in [0, 0.05) is 18.6 Å². The molecule has 1 amide bonds. The standard InChI is InChI=1S/C13H21N5O/c1-9(18(2)11-4-5-11)7-16-13(19)12-6-3-10(17-14)8-15-12/h3,6,8-9,11,17H,4-5,7,14H2,1-2H3,(H,16,19). The fourth-order valence-corrected chi connectivity index (χ4v) is 1.93. The lowest BCUT2D eigenvalue weighted by Gasteiger charge is -2.24. The number of nitrogens with one attached hydrogen (secondary N) is 2. The van der Waals surface area contributed by atoms with Crippen LogP contribution < -0.4 is 16.6 Å². The maximum Gasteiger partial charge on any atom is 0.269 e. The fourth-order valence-electron chi connectivity index (χ4n) is 1.93. The number of rotatable bonds is 6. The van der Waals surface area contributed by atoms with Gasteiger partial charge in [0.2, 0.25) is 0 Å². The topological polar surface area (TPSA) is 83.3 Å². The average molecular weight is 263 g/mol. The zero-order valence-electron chi connectivity index (χ0n) is 11.4. The minimum Gasteiger partial charge on any atom is -0.349 e. The molecule has 6 heteroatoms. The van der Waals surface area contributed by atoms with Gasteiger partial charge in [-0.15, -0.1) is 0 Å². The Hall–Kier alpha value is -1.66. The predicted octanol–water partition coefficient (Wildman–Crippen LogP) is 0.580. The molecule has 1 fully saturated rings. The van der Waals surface area contributed by atoms with Crippen LogP contribution in [-0.4, -0.2) is 41.5 Å². The van der Waals surface area contributed by atoms with E-state index in [-0.39, 0.29) is 5.91 Å². The summed E-state index contributed by atoms with van der Waals surface area (Å²) in [5, 5.41) is 2.90. The van der Waals surface area contributed by atoms with Crippen LogP contribution in [0.25, 0.3) is 0 Å². The first-order valence-electron chi connectivity index (χ1n) is 6.54. The lowest BCUT2D eigenvalue weighted by atomic mass is 10.2. The van der Waals surface area contributed by atoms with Gasteiger partial charge in [0.05, 0.1) is 11.9 Å². The summed E-state index contributed by atoms with van der Waals surface area (Å²) in [7, 11) is 2.11. The van der Waals surface area contributed by atoms with E-state index in [4.69, 9.17) is 5.84 Å². The van der Waals surface area contributed by atoms with Crippen LogP contribution >= 0.6 is 0 Å². The van der Waals surface area contributed by atoms with Gasteiger partial charge in [0.15, 0.2) is 0 Å². The maximum atomic E-state index is 11.9. The SMILES string of the molecule is CC(CNC(=O)c1ccc(NN)cn1)N(C)C1CC1. The third kappa shape index (κ3) is 3.65. The molecule has 4 N–H and O–H groups in total. The number of hydrogen-bond acceptors (Lipinski definition) is 5. The lowest BCUT2D eigenvalue weighted by Crippen LogP contribution is -2.41. The van der Waals surface area contributed by atoms with Crippen LogP contribution in [0.1, 0.15) is 30.3 Å². The van der Waals surface area contributed by atoms with Gasteiger partial charge in [-0.05, 0) is 38.9 Å². The second kappa shape index (κ2) is 5.99. The molecule has 1 aromatic heterocycles. The largest absolute Gasteiger partial charge is 0.349 e. The third-order valence-electron chi connectivity index (χ3n) is 3.54. The highest BCUT2D eigenvalue weighted by molar-refractivity contribution is 5.92. The number of aromatic nitrogens is 1. The summed E-state index contributed by atoms with van der Waals surface area (Å²) in [5.74, 6) is 5.09. The van der Waals surface area contributed by atoms with Crippen molar-refractivity contribution in [3.63, 3.8) is 0 Å². The number of hydrogen-bond donors (Lipinski definition) is 3. The maximum absolute atomic E-state index is 11.9. The van der Waals surface area contributed by atoms with Gasteiger partial charge in [-0.1, -0.05) is 0 Å². The van der Waals surface area contributed by atoms with Gasteiger partial charge in [0.25, 0.3) is 5.91 Å². The fraction of sp³-hybridized carbons (Fsp3) is 0.538. The van der Waals surface area contributed by atoms with Gasteiger partial charge in [-0.2, -0.15) is 0 Å². The summed E-state index contributed by atoms with van der Waals surface area (Å²) < 4.78 is 0. The smallest absolute Gasteiger partial charge is 0.269 e. The van der Waals surface area contributed by atoms with E-state index >= 15 is 0 Å². The van der Waals surface area contributed by atoms with Gasteiger partial charge in [-0.25, -0.2) is 4.98 Å². The number of pyridine rings is 1. The zero-order valence-corrected chi connectivity index (χ0v) is 11.4. The van der Waals surface area contributed by atoms with Crippen LogP contribution in [0.4, 0.5) is 5.69 Å². The molecule has 1 unspecified atom stereocenters. The predicted molar refractivity (Wildman–Crippen MR) is 74.6 cm³/mol. The number of nitrogen functional groups attached to an aromatic ring is 1. The highest BCUT2D eigenvalue weighted by Crippen LogP contribution is 2.26. The summed E-state index contributed by atoms with van der Waals surface area (Å²) in [6.07, 6.45) is 4.07. The van der Waals surface area contributed by atoms with Gasteiger partial charge in [0.1, 0.15) is 5.69 Å². The Balaban J connectivity index is 1.82. The first-order chi connectivity index (χ1) is 9.11. The Labute approximate surface area is 113 Å². The quantitative estimate of drug-likeness (QED) is 0.516. The second-order valence-electron chi connectivity index (χ2n) is 5.03. The Bertz CT molecular complexity index is 429. The minimum atomic E-state index is -0.153. The molecule has 0 bridgehead atoms. The Morgan fingerprint density at radius 1 is 1.58 bits per heavy atom. The molecule has 0 radical (unpaired) electrons. The van der Waals surface area contributed by atoms with E-state index in [0.29, 0.717) is 30.0 Å². The molecule has 2 rings (SSSR count). The van der Waals surface area contributed by atoms with Crippen molar-refractivity contribution in [1.82, 2.24) is 15.2 Å². The van der Waals surface area contributed by atoms with Crippen molar-refractivity contribution in [2.24, 2.45) is 5.84 Å². The third-order valence-corrected chi connectivity index (χ3v) is 3.54. The first-order valence-corrected chi connectivity index (χ1v) is 6.54. The van der Waals surface area contributed by atoms with Crippen LogP contribution in [-0.2, 0) is 0 Å². The van der Waals surface area contributed by atoms with Gasteiger partial charge >= 0.3 is 0 Å². The molecule has 0 aromatic carbocycles. The molecule has 0 spiro atoms. The van der Waals surface area contributed by atoms with Crippen LogP contribution in [0.15, 0.2) is 18.3 Å². The van der Waals surface area contributed by atoms with Crippen LogP contribution in [0, 0.1) is 0 Å². The summed E-state index contributed by atoms with van der Waals surface area (Å²) in [5.41, 5.74) is 3.56. The minimum absolute atomic E-state index is 0.153. The van der Waals surface area contributed by atoms with E-state index < -0.39 is 0 Å². The molecule has 1 aliphatic rings. The number of anilines is 1. The van der Waals surface area contributed by atoms with Crippen LogP contribution in [0.5, 0.6) is 0 Å². The number of nitrogens with two attached hydrogens (primary N) is 1. The molecule has 1 heterocycles. The van der Waals surface area contributed by atoms with E-state index in [0.717, 1.165) is 0 Å². The molecule has 6 nitrogen and oxygen atoms in total. The summed E-state index contributed by atoms with van der Waals surface area (Å²) in [6, 6.07) is 4.41. The van der Waals surface area contributed by atoms with Crippen molar-refractivity contribution in [3.8, 4) is 0 Å². The number of nitrogens with zero attached hydrogens (tertiary/aromatic N) is 2. The number of hydrazine groups is 1. The molecule has 1 atom stereocenters. The Kier molecular flexibility index (Phi) is 4.34. The number of likely N-dealkylation sites (N-methyl/N-ethyl adjacent to an activating group) is 1. The number of carbonyl (C=O) groups is 1. The van der Waals surface area contributed by atoms with Crippen molar-refractivity contribution < 1.29 is 4.79 Å². The average Bonchev–Trinajstić information content (AvgIpc) is 3.28. The van der Waals surface area contributed by atoms with Gasteiger partial charge in [-0.3, -0.25) is 15.5 Å². The lowest BCUT2D eigenvalue weighted by molar-refractivity contribution is 0.0934. The van der Waals surface area contributed by atoms with Crippen molar-refractivity contribution in [1.29, 1.82) is 0 Å². The van der Waals surface area contributed by atoms with Crippen molar-refractivity contribution in [2.45, 2.75) is 31.8 Å². The summed E-state index contributed by atoms with van der Waals surface area (Å²) in [6.45, 7) is 2.75. The molecule has 0 aliphatic heterocycles. The van der Waals surface area contributed by atoms with E-state index in [1.165, 1.54) is 19.0 Å². The van der Waals surface area contributed by atoms with Crippen molar-refractivity contribution >= 4 is 11.6 Å². The molecule has 0 saturated heterocycles. The molecule has 104 valence electrons. The van der Waals surface area contributed by atoms with Gasteiger partial charge < -0.3 is 10.7 Å². The van der Waals surface area contributed by atoms with E-state index in [2.05, 4.69) is 34.6 Å². The molecule has 19 heavy (non-hydrogen) atoms. The first kappa shape index (κ1) is 13.8. The number of carbonyl (C=O) groups excluding carboxylic acids is 1.